The van der Waals surface area contributed by atoms with Crippen LogP contribution in [0.2, 0.25) is 0 Å². The van der Waals surface area contributed by atoms with Crippen molar-refractivity contribution in [1.82, 2.24) is 24.6 Å². The number of carbonyl (C=O) groups is 1. The largest absolute Gasteiger partial charge is 0.465 e. The number of nitrogens with two attached hydrogens (primary N) is 1. The summed E-state index contributed by atoms with van der Waals surface area (Å²) in [7, 11) is -2.53. The number of nitrogens with one attached hydrogen (secondary N) is 2. The van der Waals surface area contributed by atoms with Crippen LogP contribution in [0.5, 0.6) is 5.75 Å². The summed E-state index contributed by atoms with van der Waals surface area (Å²) in [5, 5.41) is 26.5. The molecule has 1 aliphatic rings. The zero-order valence-electron chi connectivity index (χ0n) is 21.6. The Kier molecular flexibility index (Phi) is 9.00. The maximum Gasteiger partial charge on any atom is 0.459 e. The van der Waals surface area contributed by atoms with Crippen LogP contribution in [0.4, 0.5) is 11.8 Å². The van der Waals surface area contributed by atoms with Gasteiger partial charge in [0.2, 0.25) is 5.95 Å². The normalized spacial score (nSPS) is 23.3. The van der Waals surface area contributed by atoms with E-state index in [9.17, 15) is 19.6 Å². The number of para-hydroxylation sites is 1. The van der Waals surface area contributed by atoms with Crippen molar-refractivity contribution >= 4 is 36.6 Å². The predicted octanol–water partition coefficient (Wildman–Crippen LogP) is 1.06. The third-order valence-electron chi connectivity index (χ3n) is 6.03. The van der Waals surface area contributed by atoms with E-state index >= 15 is 0 Å². The molecule has 0 amide bonds. The van der Waals surface area contributed by atoms with E-state index in [1.165, 1.54) is 17.8 Å². The molecule has 4 rings (SSSR count). The van der Waals surface area contributed by atoms with Gasteiger partial charge in [0, 0.05) is 7.05 Å². The number of hydrogen-bond acceptors (Lipinski definition) is 13. The van der Waals surface area contributed by atoms with Crippen molar-refractivity contribution < 1.29 is 38.1 Å². The van der Waals surface area contributed by atoms with Gasteiger partial charge in [-0.2, -0.15) is 15.1 Å². The van der Waals surface area contributed by atoms with E-state index < -0.39 is 57.3 Å². The number of aliphatic hydroxyl groups excluding tert-OH is 2. The Bertz CT molecular complexity index is 1330. The number of anilines is 2. The molecule has 0 aliphatic carbocycles. The molecular weight excluding hydrogens is 533 g/mol. The second kappa shape index (κ2) is 12.2. The second-order valence-corrected chi connectivity index (χ2v) is 10.4. The van der Waals surface area contributed by atoms with Crippen LogP contribution in [0.25, 0.3) is 11.2 Å². The number of benzene rings is 1. The molecule has 16 heteroatoms. The Morgan fingerprint density at radius 2 is 2.05 bits per heavy atom. The number of esters is 1. The first kappa shape index (κ1) is 28.7. The number of ether oxygens (including phenoxy) is 2. The van der Waals surface area contributed by atoms with Gasteiger partial charge >= 0.3 is 13.7 Å². The molecule has 6 atom stereocenters. The number of imidazole rings is 1. The van der Waals surface area contributed by atoms with E-state index in [2.05, 4.69) is 25.4 Å². The molecule has 0 saturated carbocycles. The number of carbonyl (C=O) groups excluding carboxylic acids is 1. The predicted molar refractivity (Wildman–Crippen MR) is 140 cm³/mol. The molecule has 1 fully saturated rings. The first-order valence-electron chi connectivity index (χ1n) is 12.3. The molecular formula is C23H32N7O8P. The molecule has 1 aromatic carbocycles. The monoisotopic (exact) mass is 565 g/mol. The van der Waals surface area contributed by atoms with Crippen LogP contribution in [0, 0.1) is 5.92 Å². The fraction of sp³-hybridized carbons (Fsp3) is 0.478. The molecule has 3 heterocycles. The second-order valence-electron chi connectivity index (χ2n) is 8.71. The lowest BCUT2D eigenvalue weighted by atomic mass is 10.0. The summed E-state index contributed by atoms with van der Waals surface area (Å²) < 4.78 is 37.5. The molecule has 3 aromatic rings. The molecule has 0 radical (unpaired) electrons. The first-order valence-corrected chi connectivity index (χ1v) is 13.8. The summed E-state index contributed by atoms with van der Waals surface area (Å²) in [5.74, 6) is -0.842. The summed E-state index contributed by atoms with van der Waals surface area (Å²) >= 11 is 0. The van der Waals surface area contributed by atoms with E-state index in [1.807, 2.05) is 0 Å². The van der Waals surface area contributed by atoms with Crippen molar-refractivity contribution in [2.75, 3.05) is 37.9 Å². The summed E-state index contributed by atoms with van der Waals surface area (Å²) in [5.41, 5.74) is 6.58. The lowest BCUT2D eigenvalue weighted by molar-refractivity contribution is -0.144. The highest BCUT2D eigenvalue weighted by molar-refractivity contribution is 7.52. The van der Waals surface area contributed by atoms with Gasteiger partial charge in [0.15, 0.2) is 17.0 Å². The highest BCUT2D eigenvalue weighted by Gasteiger charge is 2.46. The van der Waals surface area contributed by atoms with Gasteiger partial charge in [-0.15, -0.1) is 0 Å². The topological polar surface area (TPSA) is 205 Å². The molecule has 15 nitrogen and oxygen atoms in total. The zero-order chi connectivity index (χ0) is 28.2. The quantitative estimate of drug-likeness (QED) is 0.154. The minimum Gasteiger partial charge on any atom is -0.465 e. The molecule has 0 bridgehead atoms. The lowest BCUT2D eigenvalue weighted by Crippen LogP contribution is -2.37. The number of nitrogens with zero attached hydrogens (tertiary/aromatic N) is 4. The molecule has 1 unspecified atom stereocenters. The zero-order valence-corrected chi connectivity index (χ0v) is 22.5. The van der Waals surface area contributed by atoms with Crippen LogP contribution in [0.3, 0.4) is 0 Å². The molecule has 1 aliphatic heterocycles. The summed E-state index contributed by atoms with van der Waals surface area (Å²) in [6.07, 6.45) is -1.74. The highest BCUT2D eigenvalue weighted by atomic mass is 31.2. The highest BCUT2D eigenvalue weighted by Crippen LogP contribution is 2.46. The average Bonchev–Trinajstić information content (AvgIpc) is 3.47. The molecule has 2 aromatic heterocycles. The van der Waals surface area contributed by atoms with Gasteiger partial charge in [0.25, 0.3) is 0 Å². The van der Waals surface area contributed by atoms with E-state index in [4.69, 9.17) is 24.3 Å². The Balaban J connectivity index is 1.55. The van der Waals surface area contributed by atoms with Crippen molar-refractivity contribution in [3.63, 3.8) is 0 Å². The maximum atomic E-state index is 13.7. The fourth-order valence-electron chi connectivity index (χ4n) is 4.15. The number of fused-ring (bicyclic) bond motifs is 1. The van der Waals surface area contributed by atoms with Crippen LogP contribution in [0.15, 0.2) is 36.7 Å². The van der Waals surface area contributed by atoms with Crippen molar-refractivity contribution in [2.45, 2.75) is 38.3 Å². The Hall–Kier alpha value is -3.33. The van der Waals surface area contributed by atoms with Crippen LogP contribution >= 0.6 is 7.75 Å². The Morgan fingerprint density at radius 3 is 2.72 bits per heavy atom. The van der Waals surface area contributed by atoms with Crippen molar-refractivity contribution in [3.8, 4) is 5.75 Å². The third kappa shape index (κ3) is 6.30. The average molecular weight is 566 g/mol. The Labute approximate surface area is 224 Å². The first-order chi connectivity index (χ1) is 18.7. The van der Waals surface area contributed by atoms with Gasteiger partial charge in [-0.05, 0) is 26.0 Å². The van der Waals surface area contributed by atoms with Crippen LogP contribution in [-0.2, 0) is 23.4 Å². The van der Waals surface area contributed by atoms with Gasteiger partial charge in [-0.1, -0.05) is 18.2 Å². The number of hydrogen-bond donors (Lipinski definition) is 5. The van der Waals surface area contributed by atoms with Gasteiger partial charge in [-0.3, -0.25) is 13.9 Å². The van der Waals surface area contributed by atoms with E-state index in [0.29, 0.717) is 17.0 Å². The molecule has 212 valence electrons. The molecule has 6 N–H and O–H groups in total. The van der Waals surface area contributed by atoms with Crippen molar-refractivity contribution in [2.24, 2.45) is 5.92 Å². The van der Waals surface area contributed by atoms with Crippen molar-refractivity contribution in [1.29, 1.82) is 0 Å². The molecule has 0 spiro atoms. The SMILES string of the molecule is CCOC(=O)C(C)N[P@@](=O)(OC[C@H]1O[C@@H](n2cnc3c(NC)nc(N)nc32)[C@@H](CO)[C@@H]1O)Oc1ccccc1. The van der Waals surface area contributed by atoms with Gasteiger partial charge in [0.05, 0.1) is 38.2 Å². The minimum atomic E-state index is -4.19. The van der Waals surface area contributed by atoms with Crippen LogP contribution < -0.4 is 20.7 Å². The summed E-state index contributed by atoms with van der Waals surface area (Å²) in [4.78, 5) is 24.8. The van der Waals surface area contributed by atoms with Gasteiger partial charge in [0.1, 0.15) is 24.1 Å². The van der Waals surface area contributed by atoms with Gasteiger partial charge < -0.3 is 35.3 Å². The number of aliphatic hydroxyl groups is 2. The standard InChI is InChI=1S/C23H32N7O8P/c1-4-35-22(33)13(2)29-39(34,38-14-8-6-5-7-9-14)36-11-16-18(32)15(10-31)21(37-16)30-12-26-17-19(25-3)27-23(24)28-20(17)30/h5-9,12-13,15-16,18,21,31-32H,4,10-11H2,1-3H3,(H,29,34)(H3,24,25,27,28)/t13?,15-,16+,18-,21+,39+/m0/s1. The maximum absolute atomic E-state index is 13.7. The number of nitrogen functional groups attached to an aromatic ring is 1. The summed E-state index contributed by atoms with van der Waals surface area (Å²) in [6, 6.07) is 7.23. The fourth-order valence-corrected chi connectivity index (χ4v) is 5.65. The van der Waals surface area contributed by atoms with Crippen molar-refractivity contribution in [3.05, 3.63) is 36.7 Å². The molecule has 39 heavy (non-hydrogen) atoms. The Morgan fingerprint density at radius 1 is 1.31 bits per heavy atom. The van der Waals surface area contributed by atoms with Crippen LogP contribution in [0.1, 0.15) is 20.1 Å². The minimum absolute atomic E-state index is 0.00614. The third-order valence-corrected chi connectivity index (χ3v) is 7.67. The van der Waals surface area contributed by atoms with Crippen LogP contribution in [-0.4, -0.2) is 80.8 Å². The summed E-state index contributed by atoms with van der Waals surface area (Å²) in [6.45, 7) is 2.39. The molecule has 1 saturated heterocycles. The van der Waals surface area contributed by atoms with E-state index in [0.717, 1.165) is 0 Å². The smallest absolute Gasteiger partial charge is 0.459 e. The van der Waals surface area contributed by atoms with Gasteiger partial charge in [-0.25, -0.2) is 9.55 Å². The van der Waals surface area contributed by atoms with E-state index in [1.54, 1.807) is 44.3 Å². The number of rotatable bonds is 12. The number of aromatic nitrogens is 4. The lowest BCUT2D eigenvalue weighted by Gasteiger charge is -2.24. The van der Waals surface area contributed by atoms with E-state index in [-0.39, 0.29) is 18.3 Å².